The van der Waals surface area contributed by atoms with Gasteiger partial charge in [-0.05, 0) is 38.4 Å². The number of nitrogens with zero attached hydrogens (tertiary/aromatic N) is 3. The minimum absolute atomic E-state index is 0.710. The van der Waals surface area contributed by atoms with Crippen LogP contribution >= 0.6 is 0 Å². The fraction of sp³-hybridized carbons (Fsp3) is 0.600. The molecule has 76 valence electrons. The maximum absolute atomic E-state index is 5.65. The normalized spacial score (nSPS) is 22.8. The highest BCUT2D eigenvalue weighted by Gasteiger charge is 2.20. The molecule has 1 aliphatic heterocycles. The van der Waals surface area contributed by atoms with Gasteiger partial charge in [0, 0.05) is 6.54 Å². The molecule has 0 spiro atoms. The van der Waals surface area contributed by atoms with Crippen LogP contribution in [0.2, 0.25) is 0 Å². The summed E-state index contributed by atoms with van der Waals surface area (Å²) in [6, 6.07) is 1.92. The fourth-order valence-electron chi connectivity index (χ4n) is 2.02. The van der Waals surface area contributed by atoms with Gasteiger partial charge in [0.25, 0.3) is 0 Å². The summed E-state index contributed by atoms with van der Waals surface area (Å²) < 4.78 is 0. The lowest BCUT2D eigenvalue weighted by atomic mass is 10.0. The van der Waals surface area contributed by atoms with E-state index in [2.05, 4.69) is 22.1 Å². The zero-order valence-electron chi connectivity index (χ0n) is 8.48. The molecule has 14 heavy (non-hydrogen) atoms. The Hall–Kier alpha value is -1.16. The number of nitrogens with two attached hydrogens (primary N) is 1. The molecular formula is C10H16N4. The van der Waals surface area contributed by atoms with Crippen LogP contribution in [0, 0.1) is 5.92 Å². The minimum Gasteiger partial charge on any atom is -0.397 e. The summed E-state index contributed by atoms with van der Waals surface area (Å²) in [5.74, 6) is 0.719. The third kappa shape index (κ3) is 2.20. The standard InChI is InChI=1S/C10H16N4/c1-14-3-2-8(7-14)4-10-5-9(11)6-12-13-10/h5-6,8H,2-4,7H2,1H3,(H2,11,13). The van der Waals surface area contributed by atoms with Gasteiger partial charge in [0.2, 0.25) is 0 Å². The van der Waals surface area contributed by atoms with Crippen molar-refractivity contribution in [1.82, 2.24) is 15.1 Å². The minimum atomic E-state index is 0.710. The fourth-order valence-corrected chi connectivity index (χ4v) is 2.02. The van der Waals surface area contributed by atoms with Gasteiger partial charge >= 0.3 is 0 Å². The number of aromatic nitrogens is 2. The second-order valence-electron chi connectivity index (χ2n) is 4.10. The highest BCUT2D eigenvalue weighted by Crippen LogP contribution is 2.18. The Balaban J connectivity index is 1.97. The van der Waals surface area contributed by atoms with Gasteiger partial charge in [-0.1, -0.05) is 0 Å². The van der Waals surface area contributed by atoms with Gasteiger partial charge in [0.05, 0.1) is 17.6 Å². The molecular weight excluding hydrogens is 176 g/mol. The van der Waals surface area contributed by atoms with E-state index < -0.39 is 0 Å². The molecule has 1 aromatic rings. The van der Waals surface area contributed by atoms with Gasteiger partial charge in [-0.15, -0.1) is 0 Å². The topological polar surface area (TPSA) is 55.0 Å². The molecule has 2 N–H and O–H groups in total. The highest BCUT2D eigenvalue weighted by atomic mass is 15.1. The summed E-state index contributed by atoms with van der Waals surface area (Å²) >= 11 is 0. The number of rotatable bonds is 2. The molecule has 2 rings (SSSR count). The Kier molecular flexibility index (Phi) is 2.63. The van der Waals surface area contributed by atoms with E-state index in [0.717, 1.165) is 24.6 Å². The van der Waals surface area contributed by atoms with Gasteiger partial charge in [-0.2, -0.15) is 10.2 Å². The molecule has 0 aromatic carbocycles. The van der Waals surface area contributed by atoms with Crippen molar-refractivity contribution < 1.29 is 0 Å². The van der Waals surface area contributed by atoms with E-state index in [1.807, 2.05) is 6.07 Å². The van der Waals surface area contributed by atoms with Gasteiger partial charge in [-0.25, -0.2) is 0 Å². The molecule has 1 unspecified atom stereocenters. The molecule has 0 saturated carbocycles. The van der Waals surface area contributed by atoms with E-state index in [0.29, 0.717) is 5.69 Å². The molecule has 1 saturated heterocycles. The Bertz CT molecular complexity index is 313. The van der Waals surface area contributed by atoms with Crippen molar-refractivity contribution in [3.8, 4) is 0 Å². The third-order valence-corrected chi connectivity index (χ3v) is 2.71. The number of hydrogen-bond donors (Lipinski definition) is 1. The lowest BCUT2D eigenvalue weighted by molar-refractivity contribution is 0.393. The molecule has 1 aliphatic rings. The monoisotopic (exact) mass is 192 g/mol. The van der Waals surface area contributed by atoms with Crippen molar-refractivity contribution in [2.45, 2.75) is 12.8 Å². The molecule has 0 bridgehead atoms. The summed E-state index contributed by atoms with van der Waals surface area (Å²) in [4.78, 5) is 2.35. The molecule has 0 radical (unpaired) electrons. The maximum Gasteiger partial charge on any atom is 0.0726 e. The summed E-state index contributed by atoms with van der Waals surface area (Å²) in [6.07, 6.45) is 3.85. The second-order valence-corrected chi connectivity index (χ2v) is 4.10. The van der Waals surface area contributed by atoms with Crippen molar-refractivity contribution in [3.05, 3.63) is 18.0 Å². The van der Waals surface area contributed by atoms with Crippen LogP contribution in [0.5, 0.6) is 0 Å². The molecule has 2 heterocycles. The molecule has 4 heteroatoms. The lowest BCUT2D eigenvalue weighted by Gasteiger charge is -2.09. The first kappa shape index (κ1) is 9.40. The molecule has 0 amide bonds. The number of likely N-dealkylation sites (tertiary alicyclic amines) is 1. The molecule has 4 nitrogen and oxygen atoms in total. The number of nitrogen functional groups attached to an aromatic ring is 1. The van der Waals surface area contributed by atoms with Crippen molar-refractivity contribution in [3.63, 3.8) is 0 Å². The summed E-state index contributed by atoms with van der Waals surface area (Å²) in [5, 5.41) is 7.94. The zero-order chi connectivity index (χ0) is 9.97. The quantitative estimate of drug-likeness (QED) is 0.743. The first-order chi connectivity index (χ1) is 6.74. The summed E-state index contributed by atoms with van der Waals surface area (Å²) in [5.41, 5.74) is 7.38. The second kappa shape index (κ2) is 3.92. The molecule has 0 aliphatic carbocycles. The first-order valence-electron chi connectivity index (χ1n) is 4.99. The van der Waals surface area contributed by atoms with E-state index in [-0.39, 0.29) is 0 Å². The molecule has 1 aromatic heterocycles. The van der Waals surface area contributed by atoms with Crippen LogP contribution in [0.4, 0.5) is 5.69 Å². The summed E-state index contributed by atoms with van der Waals surface area (Å²) in [6.45, 7) is 2.36. The average Bonchev–Trinajstić information content (AvgIpc) is 2.51. The predicted molar refractivity (Wildman–Crippen MR) is 55.8 cm³/mol. The van der Waals surface area contributed by atoms with Gasteiger partial charge in [-0.3, -0.25) is 0 Å². The maximum atomic E-state index is 5.65. The van der Waals surface area contributed by atoms with E-state index in [1.54, 1.807) is 6.20 Å². The van der Waals surface area contributed by atoms with Crippen LogP contribution in [-0.2, 0) is 6.42 Å². The van der Waals surface area contributed by atoms with Gasteiger partial charge in [0.15, 0.2) is 0 Å². The van der Waals surface area contributed by atoms with E-state index in [1.165, 1.54) is 13.0 Å². The van der Waals surface area contributed by atoms with Crippen molar-refractivity contribution in [2.24, 2.45) is 5.92 Å². The van der Waals surface area contributed by atoms with Crippen LogP contribution in [0.3, 0.4) is 0 Å². The van der Waals surface area contributed by atoms with Crippen LogP contribution in [0.25, 0.3) is 0 Å². The van der Waals surface area contributed by atoms with Gasteiger partial charge in [0.1, 0.15) is 0 Å². The van der Waals surface area contributed by atoms with E-state index >= 15 is 0 Å². The smallest absolute Gasteiger partial charge is 0.0726 e. The average molecular weight is 192 g/mol. The van der Waals surface area contributed by atoms with Crippen molar-refractivity contribution in [1.29, 1.82) is 0 Å². The third-order valence-electron chi connectivity index (χ3n) is 2.71. The Morgan fingerprint density at radius 1 is 1.64 bits per heavy atom. The number of anilines is 1. The van der Waals surface area contributed by atoms with Crippen LogP contribution in [0.15, 0.2) is 12.3 Å². The van der Waals surface area contributed by atoms with E-state index in [9.17, 15) is 0 Å². The summed E-state index contributed by atoms with van der Waals surface area (Å²) in [7, 11) is 2.16. The van der Waals surface area contributed by atoms with Crippen LogP contribution in [-0.4, -0.2) is 35.2 Å². The van der Waals surface area contributed by atoms with Crippen LogP contribution in [0.1, 0.15) is 12.1 Å². The Morgan fingerprint density at radius 2 is 2.50 bits per heavy atom. The van der Waals surface area contributed by atoms with Crippen molar-refractivity contribution >= 4 is 5.69 Å². The van der Waals surface area contributed by atoms with Gasteiger partial charge < -0.3 is 10.6 Å². The highest BCUT2D eigenvalue weighted by molar-refractivity contribution is 5.34. The molecule has 1 fully saturated rings. The van der Waals surface area contributed by atoms with Crippen LogP contribution < -0.4 is 5.73 Å². The number of hydrogen-bond acceptors (Lipinski definition) is 4. The zero-order valence-corrected chi connectivity index (χ0v) is 8.48. The lowest BCUT2D eigenvalue weighted by Crippen LogP contribution is -2.15. The largest absolute Gasteiger partial charge is 0.397 e. The SMILES string of the molecule is CN1CCC(Cc2cc(N)cnn2)C1. The Morgan fingerprint density at radius 3 is 3.14 bits per heavy atom. The predicted octanol–water partition coefficient (Wildman–Crippen LogP) is 0.553. The van der Waals surface area contributed by atoms with E-state index in [4.69, 9.17) is 5.73 Å². The van der Waals surface area contributed by atoms with Crippen molar-refractivity contribution in [2.75, 3.05) is 25.9 Å². The Labute approximate surface area is 84.1 Å². The molecule has 1 atom stereocenters. The first-order valence-corrected chi connectivity index (χ1v) is 4.99.